The van der Waals surface area contributed by atoms with E-state index in [2.05, 4.69) is 5.10 Å². The van der Waals surface area contributed by atoms with E-state index in [0.29, 0.717) is 27.7 Å². The van der Waals surface area contributed by atoms with E-state index >= 15 is 0 Å². The van der Waals surface area contributed by atoms with Crippen molar-refractivity contribution < 1.29 is 14.2 Å². The number of ether oxygens (including phenoxy) is 1. The molecule has 0 saturated heterocycles. The van der Waals surface area contributed by atoms with Gasteiger partial charge in [-0.3, -0.25) is 0 Å². The average molecular weight is 299 g/mol. The Kier molecular flexibility index (Phi) is 4.30. The lowest BCUT2D eigenvalue weighted by Gasteiger charge is -2.13. The maximum atomic E-state index is 13.2. The van der Waals surface area contributed by atoms with Crippen LogP contribution in [0.2, 0.25) is 5.02 Å². The zero-order chi connectivity index (χ0) is 14.9. The first-order valence-electron chi connectivity index (χ1n) is 6.13. The summed E-state index contributed by atoms with van der Waals surface area (Å²) >= 11 is 6.02. The molecule has 1 aromatic carbocycles. The maximum Gasteiger partial charge on any atom is 0.217 e. The van der Waals surface area contributed by atoms with Gasteiger partial charge in [-0.1, -0.05) is 11.6 Å². The van der Waals surface area contributed by atoms with Gasteiger partial charge in [0.2, 0.25) is 5.88 Å². The molecule has 2 aromatic rings. The number of halogens is 2. The lowest BCUT2D eigenvalue weighted by atomic mass is 10.0. The van der Waals surface area contributed by atoms with Crippen LogP contribution in [0.5, 0.6) is 5.88 Å². The van der Waals surface area contributed by atoms with Gasteiger partial charge in [0.15, 0.2) is 0 Å². The fourth-order valence-electron chi connectivity index (χ4n) is 2.29. The highest BCUT2D eigenvalue weighted by Crippen LogP contribution is 2.31. The predicted octanol–water partition coefficient (Wildman–Crippen LogP) is 2.81. The number of aromatic nitrogens is 2. The fraction of sp³-hybridized carbons (Fsp3) is 0.357. The molecular formula is C14H16ClFN2O2. The van der Waals surface area contributed by atoms with Gasteiger partial charge >= 0.3 is 0 Å². The molecule has 0 bridgehead atoms. The number of rotatable bonds is 4. The number of nitrogens with zero attached hydrogens (tertiary/aromatic N) is 2. The van der Waals surface area contributed by atoms with E-state index in [1.807, 2.05) is 0 Å². The smallest absolute Gasteiger partial charge is 0.217 e. The zero-order valence-corrected chi connectivity index (χ0v) is 12.3. The van der Waals surface area contributed by atoms with E-state index in [4.69, 9.17) is 16.3 Å². The lowest BCUT2D eigenvalue weighted by molar-refractivity contribution is 0.172. The summed E-state index contributed by atoms with van der Waals surface area (Å²) in [5.74, 6) is 0.106. The Hall–Kier alpha value is -1.59. The van der Waals surface area contributed by atoms with Crippen molar-refractivity contribution in [2.45, 2.75) is 19.4 Å². The molecular weight excluding hydrogens is 283 g/mol. The van der Waals surface area contributed by atoms with Crippen molar-refractivity contribution in [2.24, 2.45) is 7.05 Å². The van der Waals surface area contributed by atoms with Gasteiger partial charge in [0, 0.05) is 18.5 Å². The second-order valence-electron chi connectivity index (χ2n) is 4.59. The highest BCUT2D eigenvalue weighted by molar-refractivity contribution is 6.31. The van der Waals surface area contributed by atoms with Gasteiger partial charge in [-0.2, -0.15) is 5.10 Å². The van der Waals surface area contributed by atoms with Crippen molar-refractivity contribution in [3.05, 3.63) is 45.9 Å². The molecule has 0 aliphatic rings. The minimum atomic E-state index is -0.863. The Labute approximate surface area is 121 Å². The minimum absolute atomic E-state index is 0.194. The number of aryl methyl sites for hydroxylation is 2. The molecule has 0 spiro atoms. The number of hydrogen-bond acceptors (Lipinski definition) is 3. The summed E-state index contributed by atoms with van der Waals surface area (Å²) in [7, 11) is 3.25. The maximum absolute atomic E-state index is 13.2. The van der Waals surface area contributed by atoms with Crippen LogP contribution in [0.4, 0.5) is 4.39 Å². The van der Waals surface area contributed by atoms with Crippen molar-refractivity contribution in [2.75, 3.05) is 7.11 Å². The molecule has 20 heavy (non-hydrogen) atoms. The molecule has 1 aromatic heterocycles. The quantitative estimate of drug-likeness (QED) is 0.944. The highest BCUT2D eigenvalue weighted by Gasteiger charge is 2.22. The van der Waals surface area contributed by atoms with Gasteiger partial charge < -0.3 is 9.84 Å². The molecule has 0 aliphatic heterocycles. The van der Waals surface area contributed by atoms with E-state index in [0.717, 1.165) is 0 Å². The van der Waals surface area contributed by atoms with Crippen LogP contribution in [-0.2, 0) is 13.5 Å². The average Bonchev–Trinajstić information content (AvgIpc) is 2.68. The molecule has 0 saturated carbocycles. The molecule has 1 heterocycles. The first kappa shape index (κ1) is 14.8. The Morgan fingerprint density at radius 2 is 2.20 bits per heavy atom. The second-order valence-corrected chi connectivity index (χ2v) is 4.99. The van der Waals surface area contributed by atoms with E-state index in [1.165, 1.54) is 25.3 Å². The minimum Gasteiger partial charge on any atom is -0.481 e. The third-order valence-corrected chi connectivity index (χ3v) is 3.53. The van der Waals surface area contributed by atoms with Crippen LogP contribution in [0, 0.1) is 12.7 Å². The summed E-state index contributed by atoms with van der Waals surface area (Å²) in [6, 6.07) is 4.09. The molecule has 1 N–H and O–H groups in total. The van der Waals surface area contributed by atoms with Crippen molar-refractivity contribution in [3.63, 3.8) is 0 Å². The van der Waals surface area contributed by atoms with Gasteiger partial charge in [0.25, 0.3) is 0 Å². The number of methoxy groups -OCH3 is 1. The summed E-state index contributed by atoms with van der Waals surface area (Å²) in [6.45, 7) is 1.79. The number of aliphatic hydroxyl groups excluding tert-OH is 1. The van der Waals surface area contributed by atoms with E-state index in [9.17, 15) is 9.50 Å². The van der Waals surface area contributed by atoms with Crippen molar-refractivity contribution in [3.8, 4) is 5.88 Å². The van der Waals surface area contributed by atoms with Gasteiger partial charge in [0.1, 0.15) is 5.82 Å². The van der Waals surface area contributed by atoms with Crippen molar-refractivity contribution >= 4 is 11.6 Å². The fourth-order valence-corrected chi connectivity index (χ4v) is 2.48. The molecule has 0 amide bonds. The standard InChI is InChI=1S/C14H16ClFN2O2/c1-8-13(14(20-3)18(2)17-8)12(19)7-9-6-10(16)4-5-11(9)15/h4-6,12,19H,7H2,1-3H3. The molecule has 2 rings (SSSR count). The Bertz CT molecular complexity index is 628. The molecule has 0 radical (unpaired) electrons. The predicted molar refractivity (Wildman–Crippen MR) is 74.6 cm³/mol. The summed E-state index contributed by atoms with van der Waals surface area (Å²) < 4.78 is 20.0. The van der Waals surface area contributed by atoms with E-state index in [-0.39, 0.29) is 12.2 Å². The third-order valence-electron chi connectivity index (χ3n) is 3.16. The van der Waals surface area contributed by atoms with Crippen LogP contribution < -0.4 is 4.74 Å². The van der Waals surface area contributed by atoms with Crippen molar-refractivity contribution in [1.82, 2.24) is 9.78 Å². The van der Waals surface area contributed by atoms with Gasteiger partial charge in [-0.05, 0) is 30.7 Å². The molecule has 0 aliphatic carbocycles. The van der Waals surface area contributed by atoms with Crippen LogP contribution in [0.3, 0.4) is 0 Å². The highest BCUT2D eigenvalue weighted by atomic mass is 35.5. The van der Waals surface area contributed by atoms with E-state index < -0.39 is 6.10 Å². The number of aliphatic hydroxyl groups is 1. The van der Waals surface area contributed by atoms with E-state index in [1.54, 1.807) is 18.7 Å². The van der Waals surface area contributed by atoms with Crippen LogP contribution in [0.15, 0.2) is 18.2 Å². The number of benzene rings is 1. The summed E-state index contributed by atoms with van der Waals surface area (Å²) in [4.78, 5) is 0. The first-order chi connectivity index (χ1) is 9.43. The molecule has 4 nitrogen and oxygen atoms in total. The van der Waals surface area contributed by atoms with Crippen LogP contribution in [0.25, 0.3) is 0 Å². The summed E-state index contributed by atoms with van der Waals surface area (Å²) in [5.41, 5.74) is 1.81. The molecule has 1 unspecified atom stereocenters. The SMILES string of the molecule is COc1c(C(O)Cc2cc(F)ccc2Cl)c(C)nn1C. The van der Waals surface area contributed by atoms with Gasteiger partial charge in [-0.15, -0.1) is 0 Å². The normalized spacial score (nSPS) is 12.5. The molecule has 6 heteroatoms. The van der Waals surface area contributed by atoms with Crippen LogP contribution >= 0.6 is 11.6 Å². The lowest BCUT2D eigenvalue weighted by Crippen LogP contribution is -2.06. The summed E-state index contributed by atoms with van der Waals surface area (Å²) in [6.07, 6.45) is -0.669. The Morgan fingerprint density at radius 1 is 1.50 bits per heavy atom. The Balaban J connectivity index is 2.33. The third kappa shape index (κ3) is 2.78. The second kappa shape index (κ2) is 5.81. The first-order valence-corrected chi connectivity index (χ1v) is 6.51. The topological polar surface area (TPSA) is 47.3 Å². The Morgan fingerprint density at radius 3 is 2.85 bits per heavy atom. The van der Waals surface area contributed by atoms with Crippen molar-refractivity contribution in [1.29, 1.82) is 0 Å². The number of hydrogen-bond donors (Lipinski definition) is 1. The van der Waals surface area contributed by atoms with Gasteiger partial charge in [-0.25, -0.2) is 9.07 Å². The molecule has 108 valence electrons. The van der Waals surface area contributed by atoms with Crippen LogP contribution in [-0.4, -0.2) is 22.0 Å². The monoisotopic (exact) mass is 298 g/mol. The van der Waals surface area contributed by atoms with Gasteiger partial charge in [0.05, 0.1) is 24.5 Å². The van der Waals surface area contributed by atoms with Crippen LogP contribution in [0.1, 0.15) is 22.9 Å². The zero-order valence-electron chi connectivity index (χ0n) is 11.5. The molecule has 0 fully saturated rings. The summed E-state index contributed by atoms with van der Waals surface area (Å²) in [5, 5.41) is 15.0. The largest absolute Gasteiger partial charge is 0.481 e. The molecule has 1 atom stereocenters.